The molecule has 3 nitrogen and oxygen atoms in total. The van der Waals surface area contributed by atoms with Crippen LogP contribution in [0, 0.1) is 0 Å². The normalized spacial score (nSPS) is 10.3. The first-order valence-electron chi connectivity index (χ1n) is 6.95. The molecule has 0 aromatic heterocycles. The molecule has 0 aliphatic rings. The van der Waals surface area contributed by atoms with E-state index < -0.39 is 0 Å². The topological polar surface area (TPSA) is 32.3 Å². The largest absolute Gasteiger partial charge is 0.338 e. The van der Waals surface area contributed by atoms with E-state index in [1.807, 2.05) is 29.2 Å². The number of amides is 2. The molecule has 0 saturated heterocycles. The lowest BCUT2D eigenvalue weighted by atomic mass is 10.1. The SMILES string of the molecule is CCCN(CCC)C(=O)NCCc1ccccc1Cl. The maximum atomic E-state index is 12.0. The molecule has 0 heterocycles. The Morgan fingerprint density at radius 2 is 1.84 bits per heavy atom. The van der Waals surface area contributed by atoms with Gasteiger partial charge >= 0.3 is 6.03 Å². The van der Waals surface area contributed by atoms with Crippen molar-refractivity contribution in [1.29, 1.82) is 0 Å². The molecular weight excluding hydrogens is 260 g/mol. The summed E-state index contributed by atoms with van der Waals surface area (Å²) in [5.74, 6) is 0. The van der Waals surface area contributed by atoms with Gasteiger partial charge in [0.1, 0.15) is 0 Å². The first-order valence-corrected chi connectivity index (χ1v) is 7.33. The Kier molecular flexibility index (Phi) is 7.34. The van der Waals surface area contributed by atoms with Crippen molar-refractivity contribution < 1.29 is 4.79 Å². The van der Waals surface area contributed by atoms with Gasteiger partial charge in [-0.1, -0.05) is 43.6 Å². The monoisotopic (exact) mass is 282 g/mol. The third-order valence-electron chi connectivity index (χ3n) is 2.90. The molecule has 0 unspecified atom stereocenters. The van der Waals surface area contributed by atoms with Crippen LogP contribution in [0.4, 0.5) is 4.79 Å². The highest BCUT2D eigenvalue weighted by atomic mass is 35.5. The van der Waals surface area contributed by atoms with Crippen LogP contribution in [0.15, 0.2) is 24.3 Å². The highest BCUT2D eigenvalue weighted by Gasteiger charge is 2.10. The molecule has 1 aromatic rings. The van der Waals surface area contributed by atoms with Crippen molar-refractivity contribution in [3.05, 3.63) is 34.9 Å². The summed E-state index contributed by atoms with van der Waals surface area (Å²) in [7, 11) is 0. The maximum absolute atomic E-state index is 12.0. The molecule has 2 amide bonds. The number of nitrogens with one attached hydrogen (secondary N) is 1. The summed E-state index contributed by atoms with van der Waals surface area (Å²) < 4.78 is 0. The van der Waals surface area contributed by atoms with Crippen molar-refractivity contribution in [2.24, 2.45) is 0 Å². The summed E-state index contributed by atoms with van der Waals surface area (Å²) >= 11 is 6.08. The zero-order valence-corrected chi connectivity index (χ0v) is 12.5. The van der Waals surface area contributed by atoms with Crippen molar-refractivity contribution >= 4 is 17.6 Å². The van der Waals surface area contributed by atoms with E-state index in [0.717, 1.165) is 42.9 Å². The van der Waals surface area contributed by atoms with Crippen LogP contribution in [-0.2, 0) is 6.42 Å². The third kappa shape index (κ3) is 5.52. The second-order valence-electron chi connectivity index (χ2n) is 4.56. The van der Waals surface area contributed by atoms with E-state index in [1.54, 1.807) is 0 Å². The third-order valence-corrected chi connectivity index (χ3v) is 3.27. The predicted molar refractivity (Wildman–Crippen MR) is 80.7 cm³/mol. The van der Waals surface area contributed by atoms with Crippen LogP contribution in [0.2, 0.25) is 5.02 Å². The molecule has 1 N–H and O–H groups in total. The smallest absolute Gasteiger partial charge is 0.317 e. The molecule has 0 spiro atoms. The van der Waals surface area contributed by atoms with Gasteiger partial charge in [-0.2, -0.15) is 0 Å². The fourth-order valence-corrected chi connectivity index (χ4v) is 2.20. The summed E-state index contributed by atoms with van der Waals surface area (Å²) in [5.41, 5.74) is 1.07. The van der Waals surface area contributed by atoms with Gasteiger partial charge < -0.3 is 10.2 Å². The van der Waals surface area contributed by atoms with Gasteiger partial charge in [-0.05, 0) is 30.9 Å². The number of urea groups is 1. The van der Waals surface area contributed by atoms with E-state index in [-0.39, 0.29) is 6.03 Å². The first-order chi connectivity index (χ1) is 9.19. The molecule has 1 rings (SSSR count). The number of nitrogens with zero attached hydrogens (tertiary/aromatic N) is 1. The van der Waals surface area contributed by atoms with Crippen LogP contribution < -0.4 is 5.32 Å². The van der Waals surface area contributed by atoms with E-state index in [9.17, 15) is 4.79 Å². The molecule has 0 bridgehead atoms. The van der Waals surface area contributed by atoms with E-state index in [2.05, 4.69) is 19.2 Å². The standard InChI is InChI=1S/C15H23ClN2O/c1-3-11-18(12-4-2)15(19)17-10-9-13-7-5-6-8-14(13)16/h5-8H,3-4,9-12H2,1-2H3,(H,17,19). The average molecular weight is 283 g/mol. The summed E-state index contributed by atoms with van der Waals surface area (Å²) in [4.78, 5) is 13.8. The molecule has 0 aliphatic carbocycles. The summed E-state index contributed by atoms with van der Waals surface area (Å²) in [5, 5.41) is 3.72. The lowest BCUT2D eigenvalue weighted by Gasteiger charge is -2.21. The number of carbonyl (C=O) groups is 1. The minimum atomic E-state index is 0.0238. The van der Waals surface area contributed by atoms with Crippen molar-refractivity contribution in [2.75, 3.05) is 19.6 Å². The van der Waals surface area contributed by atoms with Crippen molar-refractivity contribution in [2.45, 2.75) is 33.1 Å². The Bertz CT molecular complexity index is 389. The van der Waals surface area contributed by atoms with E-state index in [0.29, 0.717) is 6.54 Å². The van der Waals surface area contributed by atoms with E-state index in [4.69, 9.17) is 11.6 Å². The number of carbonyl (C=O) groups excluding carboxylic acids is 1. The number of rotatable bonds is 7. The second kappa shape index (κ2) is 8.81. The van der Waals surface area contributed by atoms with Gasteiger partial charge in [-0.3, -0.25) is 0 Å². The van der Waals surface area contributed by atoms with Gasteiger partial charge in [0.15, 0.2) is 0 Å². The molecule has 106 valence electrons. The molecule has 4 heteroatoms. The van der Waals surface area contributed by atoms with Crippen LogP contribution in [0.25, 0.3) is 0 Å². The van der Waals surface area contributed by atoms with Gasteiger partial charge in [0, 0.05) is 24.7 Å². The van der Waals surface area contributed by atoms with Crippen LogP contribution in [-0.4, -0.2) is 30.6 Å². The zero-order chi connectivity index (χ0) is 14.1. The lowest BCUT2D eigenvalue weighted by Crippen LogP contribution is -2.41. The van der Waals surface area contributed by atoms with Crippen LogP contribution >= 0.6 is 11.6 Å². The Labute approximate surface area is 120 Å². The lowest BCUT2D eigenvalue weighted by molar-refractivity contribution is 0.198. The minimum Gasteiger partial charge on any atom is -0.338 e. The number of halogens is 1. The molecule has 0 fully saturated rings. The van der Waals surface area contributed by atoms with Gasteiger partial charge in [-0.15, -0.1) is 0 Å². The number of hydrogen-bond donors (Lipinski definition) is 1. The van der Waals surface area contributed by atoms with E-state index in [1.165, 1.54) is 0 Å². The van der Waals surface area contributed by atoms with Crippen LogP contribution in [0.1, 0.15) is 32.3 Å². The van der Waals surface area contributed by atoms with Gasteiger partial charge in [0.2, 0.25) is 0 Å². The molecule has 0 aliphatic heterocycles. The van der Waals surface area contributed by atoms with Crippen LogP contribution in [0.5, 0.6) is 0 Å². The quantitative estimate of drug-likeness (QED) is 0.812. The summed E-state index contributed by atoms with van der Waals surface area (Å²) in [6.45, 7) is 6.41. The van der Waals surface area contributed by atoms with Crippen molar-refractivity contribution in [1.82, 2.24) is 10.2 Å². The number of benzene rings is 1. The molecule has 1 aromatic carbocycles. The Hall–Kier alpha value is -1.22. The van der Waals surface area contributed by atoms with Gasteiger partial charge in [0.05, 0.1) is 0 Å². The van der Waals surface area contributed by atoms with Crippen molar-refractivity contribution in [3.63, 3.8) is 0 Å². The Morgan fingerprint density at radius 1 is 1.21 bits per heavy atom. The highest BCUT2D eigenvalue weighted by molar-refractivity contribution is 6.31. The molecule has 0 radical (unpaired) electrons. The van der Waals surface area contributed by atoms with Gasteiger partial charge in [0.25, 0.3) is 0 Å². The zero-order valence-electron chi connectivity index (χ0n) is 11.8. The molecular formula is C15H23ClN2O. The van der Waals surface area contributed by atoms with E-state index >= 15 is 0 Å². The first kappa shape index (κ1) is 15.8. The number of hydrogen-bond acceptors (Lipinski definition) is 1. The molecule has 0 saturated carbocycles. The average Bonchev–Trinajstić information content (AvgIpc) is 2.40. The molecule has 19 heavy (non-hydrogen) atoms. The Morgan fingerprint density at radius 3 is 2.42 bits per heavy atom. The van der Waals surface area contributed by atoms with Gasteiger partial charge in [-0.25, -0.2) is 4.79 Å². The minimum absolute atomic E-state index is 0.0238. The second-order valence-corrected chi connectivity index (χ2v) is 4.97. The highest BCUT2D eigenvalue weighted by Crippen LogP contribution is 2.14. The van der Waals surface area contributed by atoms with Crippen LogP contribution in [0.3, 0.4) is 0 Å². The Balaban J connectivity index is 2.39. The van der Waals surface area contributed by atoms with Crippen molar-refractivity contribution in [3.8, 4) is 0 Å². The summed E-state index contributed by atoms with van der Waals surface area (Å²) in [6.07, 6.45) is 2.73. The summed E-state index contributed by atoms with van der Waals surface area (Å²) in [6, 6.07) is 7.76. The fourth-order valence-electron chi connectivity index (χ4n) is 1.97. The fraction of sp³-hybridized carbons (Fsp3) is 0.533. The molecule has 0 atom stereocenters. The predicted octanol–water partition coefficient (Wildman–Crippen LogP) is 3.71. The maximum Gasteiger partial charge on any atom is 0.317 e.